The van der Waals surface area contributed by atoms with Gasteiger partial charge in [0, 0.05) is 45.3 Å². The van der Waals surface area contributed by atoms with Gasteiger partial charge in [0.2, 0.25) is 35.3 Å². The molecule has 0 bridgehead atoms. The number of nitrogens with one attached hydrogen (secondary N) is 5. The van der Waals surface area contributed by atoms with E-state index in [2.05, 4.69) is 36.6 Å². The third-order valence-corrected chi connectivity index (χ3v) is 12.8. The second-order valence-corrected chi connectivity index (χ2v) is 19.4. The smallest absolute Gasteiger partial charge is 0.410 e. The molecular formula is C49H70N10O10. The molecule has 20 nitrogen and oxygen atoms in total. The van der Waals surface area contributed by atoms with Crippen molar-refractivity contribution in [2.24, 2.45) is 17.8 Å². The Morgan fingerprint density at radius 1 is 0.783 bits per heavy atom. The fourth-order valence-electron chi connectivity index (χ4n) is 9.11. The lowest BCUT2D eigenvalue weighted by Crippen LogP contribution is -2.60. The van der Waals surface area contributed by atoms with Crippen LogP contribution in [-0.4, -0.2) is 143 Å². The largest absolute Gasteiger partial charge is 0.444 e. The summed E-state index contributed by atoms with van der Waals surface area (Å²) < 4.78 is 5.64. The maximum atomic E-state index is 14.7. The molecule has 1 aromatic heterocycles. The fraction of sp³-hybridized carbons (Fsp3) is 0.612. The molecule has 1 saturated heterocycles. The van der Waals surface area contributed by atoms with Crippen LogP contribution in [-0.2, 0) is 38.3 Å². The molecule has 0 unspecified atom stereocenters. The van der Waals surface area contributed by atoms with Crippen LogP contribution in [0.1, 0.15) is 115 Å². The van der Waals surface area contributed by atoms with Gasteiger partial charge >= 0.3 is 6.09 Å². The van der Waals surface area contributed by atoms with E-state index in [-0.39, 0.29) is 49.5 Å². The molecule has 2 aliphatic carbocycles. The molecular weight excluding hydrogens is 889 g/mol. The number of ketones is 1. The number of benzene rings is 1. The number of aromatic nitrogens is 2. The van der Waals surface area contributed by atoms with E-state index < -0.39 is 89.6 Å². The first kappa shape index (κ1) is 53.5. The van der Waals surface area contributed by atoms with E-state index in [4.69, 9.17) is 4.74 Å². The molecule has 0 radical (unpaired) electrons. The number of nitrogens with zero attached hydrogens (tertiary/aromatic N) is 5. The second kappa shape index (κ2) is 25.2. The van der Waals surface area contributed by atoms with Crippen molar-refractivity contribution in [1.29, 1.82) is 0 Å². The molecule has 376 valence electrons. The average Bonchev–Trinajstić information content (AvgIpc) is 3.77. The summed E-state index contributed by atoms with van der Waals surface area (Å²) in [5, 5.41) is 13.9. The van der Waals surface area contributed by atoms with Crippen molar-refractivity contribution in [1.82, 2.24) is 46.4 Å². The van der Waals surface area contributed by atoms with Crippen LogP contribution in [0.25, 0.3) is 0 Å². The van der Waals surface area contributed by atoms with Gasteiger partial charge in [-0.05, 0) is 76.8 Å². The van der Waals surface area contributed by atoms with Gasteiger partial charge in [0.25, 0.3) is 11.8 Å². The van der Waals surface area contributed by atoms with Crippen LogP contribution in [0.4, 0.5) is 10.5 Å². The first-order chi connectivity index (χ1) is 32.9. The highest BCUT2D eigenvalue weighted by Gasteiger charge is 2.45. The number of amides is 8. The zero-order chi connectivity index (χ0) is 50.3. The Morgan fingerprint density at radius 3 is 1.97 bits per heavy atom. The van der Waals surface area contributed by atoms with Crippen molar-refractivity contribution < 1.29 is 47.9 Å². The van der Waals surface area contributed by atoms with Crippen molar-refractivity contribution in [2.75, 3.05) is 45.2 Å². The van der Waals surface area contributed by atoms with Crippen LogP contribution < -0.4 is 31.5 Å². The third-order valence-electron chi connectivity index (χ3n) is 12.8. The lowest BCUT2D eigenvalue weighted by atomic mass is 9.81. The van der Waals surface area contributed by atoms with E-state index in [0.717, 1.165) is 38.5 Å². The van der Waals surface area contributed by atoms with E-state index in [0.29, 0.717) is 37.8 Å². The molecule has 3 aliphatic rings. The number of ether oxygens (including phenoxy) is 1. The number of rotatable bonds is 19. The van der Waals surface area contributed by atoms with Gasteiger partial charge in [0.15, 0.2) is 0 Å². The lowest BCUT2D eigenvalue weighted by molar-refractivity contribution is -0.141. The molecule has 3 fully saturated rings. The number of para-hydroxylation sites is 1. The third kappa shape index (κ3) is 15.5. The molecule has 1 aliphatic heterocycles. The van der Waals surface area contributed by atoms with E-state index >= 15 is 0 Å². The van der Waals surface area contributed by atoms with Gasteiger partial charge in [0.05, 0.1) is 30.7 Å². The van der Waals surface area contributed by atoms with Crippen molar-refractivity contribution in [2.45, 2.75) is 135 Å². The summed E-state index contributed by atoms with van der Waals surface area (Å²) in [6.45, 7) is 5.55. The summed E-state index contributed by atoms with van der Waals surface area (Å²) in [5.74, 6) is -7.15. The van der Waals surface area contributed by atoms with Crippen molar-refractivity contribution >= 4 is 58.9 Å². The zero-order valence-corrected chi connectivity index (χ0v) is 40.8. The Hall–Kier alpha value is -6.47. The molecule has 20 heteroatoms. The summed E-state index contributed by atoms with van der Waals surface area (Å²) in [5.41, 5.74) is -0.434. The number of Topliss-reactive ketones (excluding diaryl/α,β-unsaturated/α-hetero) is 1. The maximum Gasteiger partial charge on any atom is 0.410 e. The molecule has 5 rings (SSSR count). The number of carbonyl (C=O) groups excluding carboxylic acids is 9. The van der Waals surface area contributed by atoms with Crippen LogP contribution in [0.15, 0.2) is 48.9 Å². The number of likely N-dealkylation sites (tertiary alicyclic amines) is 1. The molecule has 5 atom stereocenters. The highest BCUT2D eigenvalue weighted by molar-refractivity contribution is 6.38. The summed E-state index contributed by atoms with van der Waals surface area (Å²) >= 11 is 0. The van der Waals surface area contributed by atoms with Crippen LogP contribution in [0.2, 0.25) is 0 Å². The molecule has 2 heterocycles. The molecule has 5 N–H and O–H groups in total. The SMILES string of the molecule is CCC[C@H](NC(=O)[C@@H]1CN(C(=O)OC(C)(C)C)C[C@@H]1NC(=O)[C@@H](NC(=O)[C@@H](NC(=O)c1cnccn1)C1CCCCC1)C1CCCCC1)C(=O)C(=O)NCC(=O)N(CC(=O)N(C)C)c1ccccc1. The van der Waals surface area contributed by atoms with Gasteiger partial charge in [-0.3, -0.25) is 43.3 Å². The number of anilines is 1. The minimum absolute atomic E-state index is 0.0459. The summed E-state index contributed by atoms with van der Waals surface area (Å²) in [6, 6.07) is 4.01. The quantitative estimate of drug-likeness (QED) is 0.127. The van der Waals surface area contributed by atoms with Crippen molar-refractivity contribution in [3.8, 4) is 0 Å². The highest BCUT2D eigenvalue weighted by atomic mass is 16.6. The summed E-state index contributed by atoms with van der Waals surface area (Å²) in [6.07, 6.45) is 11.9. The zero-order valence-electron chi connectivity index (χ0n) is 40.8. The Kier molecular flexibility index (Phi) is 19.6. The Labute approximate surface area is 404 Å². The van der Waals surface area contributed by atoms with Gasteiger partial charge in [-0.1, -0.05) is 70.1 Å². The predicted octanol–water partition coefficient (Wildman–Crippen LogP) is 2.66. The van der Waals surface area contributed by atoms with Gasteiger partial charge in [-0.2, -0.15) is 0 Å². The Balaban J connectivity index is 1.34. The van der Waals surface area contributed by atoms with Crippen LogP contribution >= 0.6 is 0 Å². The first-order valence-electron chi connectivity index (χ1n) is 24.2. The number of hydrogen-bond donors (Lipinski definition) is 5. The molecule has 8 amide bonds. The molecule has 1 aromatic carbocycles. The van der Waals surface area contributed by atoms with Crippen LogP contribution in [0.3, 0.4) is 0 Å². The fourth-order valence-corrected chi connectivity index (χ4v) is 9.11. The molecule has 69 heavy (non-hydrogen) atoms. The summed E-state index contributed by atoms with van der Waals surface area (Å²) in [4.78, 5) is 135. The minimum atomic E-state index is -1.34. The summed E-state index contributed by atoms with van der Waals surface area (Å²) in [7, 11) is 3.09. The van der Waals surface area contributed by atoms with Gasteiger partial charge in [-0.15, -0.1) is 0 Å². The van der Waals surface area contributed by atoms with E-state index in [1.54, 1.807) is 72.1 Å². The number of carbonyl (C=O) groups is 9. The van der Waals surface area contributed by atoms with Crippen molar-refractivity contribution in [3.05, 3.63) is 54.6 Å². The van der Waals surface area contributed by atoms with Gasteiger partial charge < -0.3 is 46.0 Å². The molecule has 2 saturated carbocycles. The van der Waals surface area contributed by atoms with Crippen LogP contribution in [0, 0.1) is 17.8 Å². The predicted molar refractivity (Wildman–Crippen MR) is 254 cm³/mol. The maximum absolute atomic E-state index is 14.7. The second-order valence-electron chi connectivity index (χ2n) is 19.4. The standard InChI is InChI=1S/C49H70N10O10/c1-7-17-35(42(62)47(67)52-27-38(60)59(30-39(61)57(5)6)33-22-15-10-16-23-33)53-43(63)34-28-58(48(68)69-49(2,3)4)29-37(34)54-45(65)40(31-18-11-8-12-19-31)56-46(66)41(32-20-13-9-14-21-32)55-44(64)36-26-50-24-25-51-36/h10,15-16,22-26,31-32,34-35,37,40-41H,7-9,11-14,17-21,27-30H2,1-6H3,(H,52,67)(H,53,63)(H,54,65)(H,55,64)(H,56,66)/t34-,35+,37+,40+,41+/m1/s1. The van der Waals surface area contributed by atoms with Crippen molar-refractivity contribution in [3.63, 3.8) is 0 Å². The Morgan fingerprint density at radius 2 is 1.41 bits per heavy atom. The minimum Gasteiger partial charge on any atom is -0.444 e. The first-order valence-corrected chi connectivity index (χ1v) is 24.2. The molecule has 2 aromatic rings. The van der Waals surface area contributed by atoms with Gasteiger partial charge in [-0.25, -0.2) is 9.78 Å². The normalized spacial score (nSPS) is 18.9. The topological polar surface area (TPSA) is 259 Å². The lowest BCUT2D eigenvalue weighted by Gasteiger charge is -2.35. The van der Waals surface area contributed by atoms with Crippen LogP contribution in [0.5, 0.6) is 0 Å². The Bertz CT molecular complexity index is 2120. The molecule has 0 spiro atoms. The van der Waals surface area contributed by atoms with E-state index in [1.165, 1.54) is 33.3 Å². The van der Waals surface area contributed by atoms with Gasteiger partial charge in [0.1, 0.15) is 29.9 Å². The van der Waals surface area contributed by atoms with E-state index in [1.807, 2.05) is 0 Å². The highest BCUT2D eigenvalue weighted by Crippen LogP contribution is 2.30. The number of hydrogen-bond acceptors (Lipinski definition) is 12. The monoisotopic (exact) mass is 959 g/mol. The van der Waals surface area contributed by atoms with E-state index in [9.17, 15) is 43.2 Å². The number of likely N-dealkylation sites (N-methyl/N-ethyl adjacent to an activating group) is 1. The average molecular weight is 959 g/mol.